The summed E-state index contributed by atoms with van der Waals surface area (Å²) in [6.45, 7) is -0.439. The van der Waals surface area contributed by atoms with Crippen LogP contribution in [0.1, 0.15) is 0 Å². The molecule has 0 saturated heterocycles. The second-order valence-corrected chi connectivity index (χ2v) is 3.29. The van der Waals surface area contributed by atoms with Gasteiger partial charge in [0.25, 0.3) is 0 Å². The average Bonchev–Trinajstić information content (AvgIpc) is 1.88. The zero-order valence-electron chi connectivity index (χ0n) is 6.60. The Balaban J connectivity index is 0. The zero-order chi connectivity index (χ0) is 10.2. The van der Waals surface area contributed by atoms with Crippen molar-refractivity contribution in [1.29, 1.82) is 0 Å². The molecule has 0 rings (SSSR count). The molecule has 0 aliphatic carbocycles. The number of carboxylic acids is 1. The van der Waals surface area contributed by atoms with Crippen molar-refractivity contribution >= 4 is 13.6 Å². The van der Waals surface area contributed by atoms with Crippen molar-refractivity contribution in [3.63, 3.8) is 0 Å². The van der Waals surface area contributed by atoms with Crippen LogP contribution in [-0.2, 0) is 9.36 Å². The second-order valence-electron chi connectivity index (χ2n) is 1.64. The number of carboxylic acid groups (broad SMARTS) is 1. The maximum absolute atomic E-state index is 10.1. The number of hydrogen-bond acceptors (Lipinski definition) is 4. The second kappa shape index (κ2) is 7.20. The van der Waals surface area contributed by atoms with Gasteiger partial charge in [-0.1, -0.05) is 0 Å². The van der Waals surface area contributed by atoms with E-state index in [2.05, 4.69) is 11.1 Å². The van der Waals surface area contributed by atoms with Crippen molar-refractivity contribution in [2.75, 3.05) is 19.9 Å². The molecule has 0 spiro atoms. The van der Waals surface area contributed by atoms with Gasteiger partial charge in [0.1, 0.15) is 0 Å². The first kappa shape index (κ1) is 14.1. The van der Waals surface area contributed by atoms with Crippen LogP contribution < -0.4 is 11.1 Å². The summed E-state index contributed by atoms with van der Waals surface area (Å²) in [5, 5.41) is 10.1. The monoisotopic (exact) mass is 200 g/mol. The van der Waals surface area contributed by atoms with Gasteiger partial charge in [-0.25, -0.2) is 0 Å². The molecule has 0 aliphatic rings. The largest absolute Gasteiger partial charge is 0.480 e. The van der Waals surface area contributed by atoms with Crippen LogP contribution in [0.4, 0.5) is 0 Å². The highest BCUT2D eigenvalue weighted by Crippen LogP contribution is 2.31. The summed E-state index contributed by atoms with van der Waals surface area (Å²) in [6.07, 6.45) is -0.598. The summed E-state index contributed by atoms with van der Waals surface area (Å²) >= 11 is 0. The Labute approximate surface area is 69.7 Å². The van der Waals surface area contributed by atoms with Gasteiger partial charge in [-0.15, -0.1) is 0 Å². The predicted molar refractivity (Wildman–Crippen MR) is 42.7 cm³/mol. The Bertz CT molecular complexity index is 167. The van der Waals surface area contributed by atoms with Crippen molar-refractivity contribution in [2.45, 2.75) is 0 Å². The van der Waals surface area contributed by atoms with E-state index >= 15 is 0 Å². The summed E-state index contributed by atoms with van der Waals surface area (Å²) in [5.74, 6) is -1.14. The first-order chi connectivity index (χ1) is 5.42. The van der Waals surface area contributed by atoms with Crippen LogP contribution >= 0.6 is 7.60 Å². The Kier molecular flexibility index (Phi) is 8.46. The molecular weight excluding hydrogens is 187 g/mol. The quantitative estimate of drug-likeness (QED) is 0.344. The van der Waals surface area contributed by atoms with E-state index in [1.165, 1.54) is 7.05 Å². The molecule has 0 amide bonds. The van der Waals surface area contributed by atoms with Crippen LogP contribution in [0, 0.1) is 0 Å². The maximum atomic E-state index is 10.1. The molecule has 8 heteroatoms. The van der Waals surface area contributed by atoms with E-state index in [1.54, 1.807) is 0 Å². The van der Waals surface area contributed by atoms with Crippen LogP contribution in [0.3, 0.4) is 0 Å². The number of hydrogen-bond donors (Lipinski definition) is 5. The third kappa shape index (κ3) is 16.3. The maximum Gasteiger partial charge on any atom is 0.339 e. The lowest BCUT2D eigenvalue weighted by atomic mass is 10.7. The van der Waals surface area contributed by atoms with Crippen molar-refractivity contribution in [3.8, 4) is 0 Å². The number of rotatable bonds is 4. The topological polar surface area (TPSA) is 133 Å². The molecule has 0 aromatic rings. The van der Waals surface area contributed by atoms with E-state index in [0.29, 0.717) is 0 Å². The lowest BCUT2D eigenvalue weighted by Crippen LogP contribution is -2.23. The lowest BCUT2D eigenvalue weighted by Gasteiger charge is -2.02. The molecule has 7 nitrogen and oxygen atoms in total. The van der Waals surface area contributed by atoms with Gasteiger partial charge < -0.3 is 20.6 Å². The third-order valence-electron chi connectivity index (χ3n) is 0.594. The summed E-state index contributed by atoms with van der Waals surface area (Å²) < 4.78 is 10.1. The number of nitrogens with one attached hydrogen (secondary N) is 1. The van der Waals surface area contributed by atoms with E-state index in [1.807, 2.05) is 0 Å². The molecule has 74 valence electrons. The number of nitrogens with two attached hydrogens (primary N) is 1. The van der Waals surface area contributed by atoms with Gasteiger partial charge in [0, 0.05) is 0 Å². The standard InChI is InChI=1S/C3H8NO5P.CH5N/c5-3(6)1-4-2-10(7,8)9;1-2/h4H,1-2H2,(H,5,6)(H2,7,8,9);2H2,1H3. The highest BCUT2D eigenvalue weighted by Gasteiger charge is 2.11. The zero-order valence-corrected chi connectivity index (χ0v) is 7.49. The van der Waals surface area contributed by atoms with E-state index in [4.69, 9.17) is 14.9 Å². The normalized spacial score (nSPS) is 10.0. The molecular formula is C4H13N2O5P. The average molecular weight is 200 g/mol. The van der Waals surface area contributed by atoms with Gasteiger partial charge in [-0.3, -0.25) is 14.7 Å². The minimum Gasteiger partial charge on any atom is -0.480 e. The first-order valence-corrected chi connectivity index (χ1v) is 4.76. The highest BCUT2D eigenvalue weighted by atomic mass is 31.2. The third-order valence-corrected chi connectivity index (χ3v) is 1.23. The summed E-state index contributed by atoms with van der Waals surface area (Å²) in [7, 11) is -2.60. The fraction of sp³-hybridized carbons (Fsp3) is 0.750. The van der Waals surface area contributed by atoms with E-state index < -0.39 is 26.4 Å². The molecule has 0 radical (unpaired) electrons. The molecule has 0 bridgehead atoms. The van der Waals surface area contributed by atoms with E-state index in [-0.39, 0.29) is 0 Å². The van der Waals surface area contributed by atoms with Gasteiger partial charge >= 0.3 is 13.6 Å². The van der Waals surface area contributed by atoms with Gasteiger partial charge in [0.05, 0.1) is 12.8 Å². The van der Waals surface area contributed by atoms with E-state index in [9.17, 15) is 9.36 Å². The SMILES string of the molecule is CN.O=C(O)CNCP(=O)(O)O. The van der Waals surface area contributed by atoms with E-state index in [0.717, 1.165) is 0 Å². The molecule has 0 unspecified atom stereocenters. The Morgan fingerprint density at radius 3 is 2.17 bits per heavy atom. The summed E-state index contributed by atoms with van der Waals surface area (Å²) in [5.41, 5.74) is 4.50. The van der Waals surface area contributed by atoms with Crippen LogP contribution in [0.25, 0.3) is 0 Å². The van der Waals surface area contributed by atoms with Crippen LogP contribution in [0.5, 0.6) is 0 Å². The van der Waals surface area contributed by atoms with Crippen molar-refractivity contribution < 1.29 is 24.3 Å². The minimum atomic E-state index is -4.10. The van der Waals surface area contributed by atoms with Gasteiger partial charge in [-0.05, 0) is 7.05 Å². The van der Waals surface area contributed by atoms with Crippen molar-refractivity contribution in [1.82, 2.24) is 5.32 Å². The number of carbonyl (C=O) groups is 1. The minimum absolute atomic E-state index is 0.439. The lowest BCUT2D eigenvalue weighted by molar-refractivity contribution is -0.135. The van der Waals surface area contributed by atoms with Crippen LogP contribution in [-0.4, -0.2) is 40.7 Å². The van der Waals surface area contributed by atoms with Crippen LogP contribution in [0.2, 0.25) is 0 Å². The van der Waals surface area contributed by atoms with Crippen LogP contribution in [0.15, 0.2) is 0 Å². The van der Waals surface area contributed by atoms with Gasteiger partial charge in [-0.2, -0.15) is 0 Å². The Morgan fingerprint density at radius 2 is 1.92 bits per heavy atom. The van der Waals surface area contributed by atoms with Crippen molar-refractivity contribution in [2.24, 2.45) is 5.73 Å². The van der Waals surface area contributed by atoms with Gasteiger partial charge in [0.15, 0.2) is 0 Å². The van der Waals surface area contributed by atoms with Crippen molar-refractivity contribution in [3.05, 3.63) is 0 Å². The summed E-state index contributed by atoms with van der Waals surface area (Å²) in [4.78, 5) is 26.1. The molecule has 0 aromatic heterocycles. The fourth-order valence-corrected chi connectivity index (χ4v) is 0.712. The Morgan fingerprint density at radius 1 is 1.50 bits per heavy atom. The molecule has 0 fully saturated rings. The molecule has 12 heavy (non-hydrogen) atoms. The molecule has 0 aliphatic heterocycles. The fourth-order valence-electron chi connectivity index (χ4n) is 0.308. The first-order valence-electron chi connectivity index (χ1n) is 2.96. The molecule has 0 aromatic carbocycles. The molecule has 0 saturated carbocycles. The smallest absolute Gasteiger partial charge is 0.339 e. The summed E-state index contributed by atoms with van der Waals surface area (Å²) in [6, 6.07) is 0. The molecule has 0 atom stereocenters. The predicted octanol–water partition coefficient (Wildman–Crippen LogP) is -1.63. The molecule has 0 heterocycles. The molecule has 6 N–H and O–H groups in total. The van der Waals surface area contributed by atoms with Gasteiger partial charge in [0.2, 0.25) is 0 Å². The number of aliphatic carboxylic acids is 1. The highest BCUT2D eigenvalue weighted by molar-refractivity contribution is 7.51. The Hall–Kier alpha value is -0.460.